The van der Waals surface area contributed by atoms with Gasteiger partial charge in [-0.1, -0.05) is 54.5 Å². The Morgan fingerprint density at radius 1 is 1.10 bits per heavy atom. The zero-order chi connectivity index (χ0) is 20.2. The Labute approximate surface area is 169 Å². The molecule has 1 atom stereocenters. The number of amides is 1. The highest BCUT2D eigenvalue weighted by molar-refractivity contribution is 5.86. The molecule has 0 spiro atoms. The Morgan fingerprint density at radius 2 is 1.76 bits per heavy atom. The number of carboxylic acid groups (broad SMARTS) is 1. The molecule has 1 saturated heterocycles. The smallest absolute Gasteiger partial charge is 0.409 e. The van der Waals surface area contributed by atoms with Crippen LogP contribution in [-0.4, -0.2) is 54.5 Å². The van der Waals surface area contributed by atoms with Crippen LogP contribution >= 0.6 is 0 Å². The number of carbonyl (C=O) groups excluding carboxylic acids is 1. The molecule has 6 nitrogen and oxygen atoms in total. The largest absolute Gasteiger partial charge is 0.472 e. The number of aliphatic carboxylic acids is 1. The number of rotatable bonds is 3. The average Bonchev–Trinajstić information content (AvgIpc) is 3.06. The lowest BCUT2D eigenvalue weighted by Crippen LogP contribution is -2.46. The predicted molar refractivity (Wildman–Crippen MR) is 106 cm³/mol. The molecule has 1 amide bonds. The fourth-order valence-electron chi connectivity index (χ4n) is 3.93. The van der Waals surface area contributed by atoms with Crippen molar-refractivity contribution in [1.82, 2.24) is 4.90 Å². The molecule has 2 aromatic carbocycles. The van der Waals surface area contributed by atoms with Gasteiger partial charge in [0.25, 0.3) is 0 Å². The molecular weight excluding hydrogens is 370 g/mol. The van der Waals surface area contributed by atoms with Gasteiger partial charge in [-0.15, -0.1) is 0 Å². The number of nitrogens with zero attached hydrogens (tertiary/aromatic N) is 1. The summed E-state index contributed by atoms with van der Waals surface area (Å²) in [5.74, 6) is 3.48. The van der Waals surface area contributed by atoms with Gasteiger partial charge in [-0.05, 0) is 22.3 Å². The van der Waals surface area contributed by atoms with Crippen LogP contribution in [0.1, 0.15) is 23.5 Å². The van der Waals surface area contributed by atoms with Crippen LogP contribution in [0, 0.1) is 11.8 Å². The van der Waals surface area contributed by atoms with Crippen LogP contribution < -0.4 is 0 Å². The van der Waals surface area contributed by atoms with Crippen molar-refractivity contribution in [3.8, 4) is 23.0 Å². The summed E-state index contributed by atoms with van der Waals surface area (Å²) in [6, 6.07) is 16.4. The predicted octanol–water partition coefficient (Wildman–Crippen LogP) is 3.11. The summed E-state index contributed by atoms with van der Waals surface area (Å²) >= 11 is 0. The minimum atomic E-state index is -1.17. The van der Waals surface area contributed by atoms with Crippen molar-refractivity contribution in [1.29, 1.82) is 0 Å². The molecule has 2 aliphatic rings. The van der Waals surface area contributed by atoms with Gasteiger partial charge in [0.15, 0.2) is 0 Å². The molecule has 0 aromatic heterocycles. The maximum Gasteiger partial charge on any atom is 0.409 e. The number of carboxylic acids is 1. The Kier molecular flexibility index (Phi) is 5.50. The van der Waals surface area contributed by atoms with E-state index in [1.54, 1.807) is 4.90 Å². The summed E-state index contributed by atoms with van der Waals surface area (Å²) in [6.07, 6.45) is -0.429. The van der Waals surface area contributed by atoms with Gasteiger partial charge in [-0.25, -0.2) is 9.59 Å². The standard InChI is InChI=1S/C23H21NO5/c25-22(26)11-5-6-16-14-24(12-13-28-16)23(27)29-15-21-19-9-3-1-7-17(19)18-8-2-4-10-20(18)21/h1-4,7-10,16,21H,6,12-15H2,(H,25,26). The maximum atomic E-state index is 12.6. The molecule has 6 heteroatoms. The first-order chi connectivity index (χ1) is 14.1. The number of morpholine rings is 1. The van der Waals surface area contributed by atoms with Crippen LogP contribution in [0.4, 0.5) is 4.79 Å². The molecule has 0 saturated carbocycles. The van der Waals surface area contributed by atoms with Gasteiger partial charge in [-0.3, -0.25) is 0 Å². The lowest BCUT2D eigenvalue weighted by Gasteiger charge is -2.31. The van der Waals surface area contributed by atoms with Gasteiger partial charge in [0.05, 0.1) is 19.3 Å². The minimum absolute atomic E-state index is 0.0182. The van der Waals surface area contributed by atoms with Crippen LogP contribution in [0.3, 0.4) is 0 Å². The number of benzene rings is 2. The molecule has 0 radical (unpaired) electrons. The Bertz CT molecular complexity index is 945. The summed E-state index contributed by atoms with van der Waals surface area (Å²) in [6.45, 7) is 1.43. The highest BCUT2D eigenvalue weighted by Crippen LogP contribution is 2.44. The van der Waals surface area contributed by atoms with Gasteiger partial charge >= 0.3 is 12.1 Å². The SMILES string of the molecule is O=C(O)C#CCC1CN(C(=O)OCC2c3ccccc3-c3ccccc32)CCO1. The first-order valence-electron chi connectivity index (χ1n) is 9.57. The normalized spacial score (nSPS) is 17.7. The van der Waals surface area contributed by atoms with E-state index in [1.165, 1.54) is 22.3 Å². The van der Waals surface area contributed by atoms with Crippen LogP contribution in [0.25, 0.3) is 11.1 Å². The molecule has 1 aliphatic carbocycles. The second-order valence-corrected chi connectivity index (χ2v) is 7.05. The molecule has 29 heavy (non-hydrogen) atoms. The van der Waals surface area contributed by atoms with Crippen molar-refractivity contribution in [2.45, 2.75) is 18.4 Å². The van der Waals surface area contributed by atoms with Crippen LogP contribution in [-0.2, 0) is 14.3 Å². The van der Waals surface area contributed by atoms with Crippen LogP contribution in [0.2, 0.25) is 0 Å². The molecule has 0 bridgehead atoms. The molecule has 1 N–H and O–H groups in total. The summed E-state index contributed by atoms with van der Waals surface area (Å²) in [4.78, 5) is 24.7. The van der Waals surface area contributed by atoms with E-state index < -0.39 is 5.97 Å². The molecule has 4 rings (SSSR count). The average molecular weight is 391 g/mol. The molecule has 1 fully saturated rings. The lowest BCUT2D eigenvalue weighted by molar-refractivity contribution is -0.130. The number of hydrogen-bond acceptors (Lipinski definition) is 4. The van der Waals surface area contributed by atoms with Gasteiger partial charge in [0.1, 0.15) is 6.61 Å². The Morgan fingerprint density at radius 3 is 2.41 bits per heavy atom. The van der Waals surface area contributed by atoms with E-state index in [9.17, 15) is 9.59 Å². The van der Waals surface area contributed by atoms with E-state index in [0.717, 1.165) is 0 Å². The van der Waals surface area contributed by atoms with Crippen molar-refractivity contribution in [2.75, 3.05) is 26.3 Å². The van der Waals surface area contributed by atoms with Gasteiger partial charge in [0, 0.05) is 24.8 Å². The number of fused-ring (bicyclic) bond motifs is 3. The second-order valence-electron chi connectivity index (χ2n) is 7.05. The Balaban J connectivity index is 1.40. The van der Waals surface area contributed by atoms with Crippen LogP contribution in [0.5, 0.6) is 0 Å². The Hall–Kier alpha value is -3.30. The molecule has 1 unspecified atom stereocenters. The molecule has 2 aromatic rings. The molecule has 1 heterocycles. The second kappa shape index (κ2) is 8.38. The van der Waals surface area contributed by atoms with E-state index in [0.29, 0.717) is 19.7 Å². The molecule has 148 valence electrons. The highest BCUT2D eigenvalue weighted by atomic mass is 16.6. The summed E-state index contributed by atoms with van der Waals surface area (Å²) in [5, 5.41) is 8.60. The minimum Gasteiger partial charge on any atom is -0.472 e. The van der Waals surface area contributed by atoms with Gasteiger partial charge in [-0.2, -0.15) is 0 Å². The first kappa shape index (κ1) is 19.0. The van der Waals surface area contributed by atoms with E-state index in [1.807, 2.05) is 24.3 Å². The van der Waals surface area contributed by atoms with Crippen molar-refractivity contribution >= 4 is 12.1 Å². The van der Waals surface area contributed by atoms with Crippen LogP contribution in [0.15, 0.2) is 48.5 Å². The van der Waals surface area contributed by atoms with Gasteiger partial charge in [0.2, 0.25) is 0 Å². The quantitative estimate of drug-likeness (QED) is 0.814. The number of carbonyl (C=O) groups is 2. The third kappa shape index (κ3) is 4.10. The van der Waals surface area contributed by atoms with E-state index >= 15 is 0 Å². The monoisotopic (exact) mass is 391 g/mol. The van der Waals surface area contributed by atoms with E-state index in [4.69, 9.17) is 14.6 Å². The van der Waals surface area contributed by atoms with Crippen molar-refractivity contribution < 1.29 is 24.2 Å². The highest BCUT2D eigenvalue weighted by Gasteiger charge is 2.30. The third-order valence-corrected chi connectivity index (χ3v) is 5.26. The summed E-state index contributed by atoms with van der Waals surface area (Å²) < 4.78 is 11.2. The van der Waals surface area contributed by atoms with Crippen molar-refractivity contribution in [3.05, 3.63) is 59.7 Å². The van der Waals surface area contributed by atoms with Gasteiger partial charge < -0.3 is 19.5 Å². The first-order valence-corrected chi connectivity index (χ1v) is 9.57. The molecule has 1 aliphatic heterocycles. The van der Waals surface area contributed by atoms with Crippen molar-refractivity contribution in [3.63, 3.8) is 0 Å². The van der Waals surface area contributed by atoms with E-state index in [2.05, 4.69) is 36.1 Å². The van der Waals surface area contributed by atoms with E-state index in [-0.39, 0.29) is 31.1 Å². The fraction of sp³-hybridized carbons (Fsp3) is 0.304. The fourth-order valence-corrected chi connectivity index (χ4v) is 3.93. The summed E-state index contributed by atoms with van der Waals surface area (Å²) in [5.41, 5.74) is 4.72. The number of hydrogen-bond donors (Lipinski definition) is 1. The zero-order valence-electron chi connectivity index (χ0n) is 15.8. The molecular formula is C23H21NO5. The maximum absolute atomic E-state index is 12.6. The lowest BCUT2D eigenvalue weighted by atomic mass is 9.98. The van der Waals surface area contributed by atoms with Crippen molar-refractivity contribution in [2.24, 2.45) is 0 Å². The third-order valence-electron chi connectivity index (χ3n) is 5.26. The topological polar surface area (TPSA) is 76.1 Å². The number of ether oxygens (including phenoxy) is 2. The zero-order valence-corrected chi connectivity index (χ0v) is 15.8. The summed E-state index contributed by atoms with van der Waals surface area (Å²) in [7, 11) is 0.